The molecule has 1 atom stereocenters. The van der Waals surface area contributed by atoms with Gasteiger partial charge in [-0.25, -0.2) is 0 Å². The van der Waals surface area contributed by atoms with Crippen molar-refractivity contribution in [1.82, 2.24) is 0 Å². The highest BCUT2D eigenvalue weighted by Gasteiger charge is 2.50. The fourth-order valence-corrected chi connectivity index (χ4v) is 3.84. The van der Waals surface area contributed by atoms with E-state index < -0.39 is 11.5 Å². The number of aliphatic hydroxyl groups is 1. The summed E-state index contributed by atoms with van der Waals surface area (Å²) in [5.41, 5.74) is 1.95. The molecule has 0 saturated carbocycles. The first-order valence-corrected chi connectivity index (χ1v) is 10.1. The molecule has 1 aliphatic heterocycles. The number of carbonyl (C=O) groups is 2. The third kappa shape index (κ3) is 3.49. The van der Waals surface area contributed by atoms with E-state index in [1.807, 2.05) is 37.3 Å². The highest BCUT2D eigenvalue weighted by atomic mass is 16.3. The molecule has 2 aromatic carbocycles. The Balaban J connectivity index is 1.96. The number of Topliss-reactive ketones (excluding diaryl/α,β-unsaturated/α-hetero) is 1. The van der Waals surface area contributed by atoms with Gasteiger partial charge in [0.15, 0.2) is 11.4 Å². The van der Waals surface area contributed by atoms with E-state index in [-0.39, 0.29) is 12.2 Å². The lowest BCUT2D eigenvalue weighted by Crippen LogP contribution is -2.42. The van der Waals surface area contributed by atoms with Crippen molar-refractivity contribution in [2.75, 3.05) is 11.4 Å². The number of rotatable bonds is 7. The van der Waals surface area contributed by atoms with Crippen molar-refractivity contribution in [3.8, 4) is 0 Å². The number of hydrogen-bond acceptors (Lipinski definition) is 3. The topological polar surface area (TPSA) is 57.6 Å². The standard InChI is InChI=1S/C24H29NO3/c1-5-6-13-25-21-10-8-7-9-20(21)24(28,23(25)27)15-22(26)19-14-18(16(2)3)12-11-17(19)4/h7-12,14,16,28H,5-6,13,15H2,1-4H3. The molecule has 1 amide bonds. The van der Waals surface area contributed by atoms with E-state index in [2.05, 4.69) is 20.8 Å². The van der Waals surface area contributed by atoms with Gasteiger partial charge in [0.05, 0.1) is 12.1 Å². The van der Waals surface area contributed by atoms with Gasteiger partial charge in [-0.15, -0.1) is 0 Å². The van der Waals surface area contributed by atoms with Crippen LogP contribution in [0.3, 0.4) is 0 Å². The molecule has 0 aliphatic carbocycles. The summed E-state index contributed by atoms with van der Waals surface area (Å²) in [6.45, 7) is 8.65. The molecule has 0 spiro atoms. The van der Waals surface area contributed by atoms with Gasteiger partial charge in [-0.1, -0.05) is 57.5 Å². The summed E-state index contributed by atoms with van der Waals surface area (Å²) in [6.07, 6.45) is 1.55. The largest absolute Gasteiger partial charge is 0.375 e. The van der Waals surface area contributed by atoms with Gasteiger partial charge in [0.1, 0.15) is 0 Å². The van der Waals surface area contributed by atoms with Crippen LogP contribution in [0.25, 0.3) is 0 Å². The maximum atomic E-state index is 13.1. The van der Waals surface area contributed by atoms with Crippen molar-refractivity contribution >= 4 is 17.4 Å². The van der Waals surface area contributed by atoms with Crippen LogP contribution in [0.15, 0.2) is 42.5 Å². The van der Waals surface area contributed by atoms with Crippen LogP contribution in [0, 0.1) is 6.92 Å². The second-order valence-electron chi connectivity index (χ2n) is 8.02. The number of benzene rings is 2. The monoisotopic (exact) mass is 379 g/mol. The second kappa shape index (κ2) is 7.88. The van der Waals surface area contributed by atoms with Crippen LogP contribution in [0.5, 0.6) is 0 Å². The maximum absolute atomic E-state index is 13.1. The van der Waals surface area contributed by atoms with E-state index in [9.17, 15) is 14.7 Å². The number of ketones is 1. The zero-order valence-corrected chi connectivity index (χ0v) is 17.2. The lowest BCUT2D eigenvalue weighted by Gasteiger charge is -2.23. The Morgan fingerprint density at radius 3 is 2.57 bits per heavy atom. The molecule has 28 heavy (non-hydrogen) atoms. The van der Waals surface area contributed by atoms with Gasteiger partial charge in [-0.05, 0) is 42.5 Å². The summed E-state index contributed by atoms with van der Waals surface area (Å²) in [6, 6.07) is 13.1. The molecular weight excluding hydrogens is 350 g/mol. The summed E-state index contributed by atoms with van der Waals surface area (Å²) in [4.78, 5) is 27.9. The number of unbranched alkanes of at least 4 members (excludes halogenated alkanes) is 1. The van der Waals surface area contributed by atoms with E-state index in [1.54, 1.807) is 17.0 Å². The minimum absolute atomic E-state index is 0.206. The lowest BCUT2D eigenvalue weighted by molar-refractivity contribution is -0.135. The molecule has 1 aliphatic rings. The number of carbonyl (C=O) groups excluding carboxylic acids is 2. The van der Waals surface area contributed by atoms with E-state index >= 15 is 0 Å². The van der Waals surface area contributed by atoms with Gasteiger partial charge in [0.2, 0.25) is 0 Å². The average Bonchev–Trinajstić information content (AvgIpc) is 2.88. The second-order valence-corrected chi connectivity index (χ2v) is 8.02. The number of hydrogen-bond donors (Lipinski definition) is 1. The van der Waals surface area contributed by atoms with Gasteiger partial charge in [-0.3, -0.25) is 9.59 Å². The van der Waals surface area contributed by atoms with Crippen molar-refractivity contribution in [1.29, 1.82) is 0 Å². The molecule has 4 nitrogen and oxygen atoms in total. The highest BCUT2D eigenvalue weighted by molar-refractivity contribution is 6.11. The Kier molecular flexibility index (Phi) is 5.71. The molecular formula is C24H29NO3. The summed E-state index contributed by atoms with van der Waals surface area (Å²) < 4.78 is 0. The third-order valence-corrected chi connectivity index (χ3v) is 5.62. The zero-order valence-electron chi connectivity index (χ0n) is 17.2. The molecule has 1 unspecified atom stereocenters. The molecule has 0 saturated heterocycles. The SMILES string of the molecule is CCCCN1C(=O)C(O)(CC(=O)c2cc(C(C)C)ccc2C)c2ccccc21. The normalized spacial score (nSPS) is 18.6. The van der Waals surface area contributed by atoms with Crippen molar-refractivity contribution in [2.24, 2.45) is 0 Å². The first kappa shape index (κ1) is 20.3. The molecule has 2 aromatic rings. The van der Waals surface area contributed by atoms with E-state index in [1.165, 1.54) is 0 Å². The molecule has 148 valence electrons. The number of fused-ring (bicyclic) bond motifs is 1. The smallest absolute Gasteiger partial charge is 0.264 e. The molecule has 0 aromatic heterocycles. The molecule has 1 heterocycles. The molecule has 0 radical (unpaired) electrons. The van der Waals surface area contributed by atoms with Crippen LogP contribution < -0.4 is 4.90 Å². The lowest BCUT2D eigenvalue weighted by atomic mass is 9.86. The van der Waals surface area contributed by atoms with Crippen molar-refractivity contribution in [3.63, 3.8) is 0 Å². The number of para-hydroxylation sites is 1. The quantitative estimate of drug-likeness (QED) is 0.708. The van der Waals surface area contributed by atoms with Gasteiger partial charge in [-0.2, -0.15) is 0 Å². The molecule has 0 bridgehead atoms. The maximum Gasteiger partial charge on any atom is 0.264 e. The zero-order chi connectivity index (χ0) is 20.5. The fraction of sp³-hybridized carbons (Fsp3) is 0.417. The minimum Gasteiger partial charge on any atom is -0.375 e. The first-order valence-electron chi connectivity index (χ1n) is 10.1. The van der Waals surface area contributed by atoms with Gasteiger partial charge >= 0.3 is 0 Å². The highest BCUT2D eigenvalue weighted by Crippen LogP contribution is 2.43. The minimum atomic E-state index is -1.80. The predicted octanol–water partition coefficient (Wildman–Crippen LogP) is 4.73. The first-order chi connectivity index (χ1) is 13.3. The van der Waals surface area contributed by atoms with Crippen LogP contribution in [-0.4, -0.2) is 23.3 Å². The van der Waals surface area contributed by atoms with Crippen LogP contribution in [0.4, 0.5) is 5.69 Å². The van der Waals surface area contributed by atoms with E-state index in [0.717, 1.165) is 24.0 Å². The predicted molar refractivity (Wildman–Crippen MR) is 112 cm³/mol. The number of nitrogens with zero attached hydrogens (tertiary/aromatic N) is 1. The van der Waals surface area contributed by atoms with E-state index in [4.69, 9.17) is 0 Å². The van der Waals surface area contributed by atoms with E-state index in [0.29, 0.717) is 29.3 Å². The third-order valence-electron chi connectivity index (χ3n) is 5.62. The molecule has 3 rings (SSSR count). The number of amides is 1. The Bertz CT molecular complexity index is 902. The Labute approximate surface area is 167 Å². The van der Waals surface area contributed by atoms with Crippen molar-refractivity contribution < 1.29 is 14.7 Å². The number of aryl methyl sites for hydroxylation is 1. The molecule has 0 fully saturated rings. The van der Waals surface area contributed by atoms with Crippen LogP contribution in [0.1, 0.15) is 73.0 Å². The van der Waals surface area contributed by atoms with Crippen LogP contribution in [-0.2, 0) is 10.4 Å². The fourth-order valence-electron chi connectivity index (χ4n) is 3.84. The van der Waals surface area contributed by atoms with Crippen molar-refractivity contribution in [2.45, 2.75) is 58.5 Å². The van der Waals surface area contributed by atoms with Gasteiger partial charge in [0, 0.05) is 17.7 Å². The Hall–Kier alpha value is -2.46. The Morgan fingerprint density at radius 2 is 1.89 bits per heavy atom. The van der Waals surface area contributed by atoms with Gasteiger partial charge in [0.25, 0.3) is 5.91 Å². The summed E-state index contributed by atoms with van der Waals surface area (Å²) >= 11 is 0. The molecule has 1 N–H and O–H groups in total. The summed E-state index contributed by atoms with van der Waals surface area (Å²) in [5.74, 6) is -0.301. The van der Waals surface area contributed by atoms with Crippen LogP contribution >= 0.6 is 0 Å². The summed E-state index contributed by atoms with van der Waals surface area (Å²) in [5, 5.41) is 11.4. The summed E-state index contributed by atoms with van der Waals surface area (Å²) in [7, 11) is 0. The van der Waals surface area contributed by atoms with Gasteiger partial charge < -0.3 is 10.0 Å². The van der Waals surface area contributed by atoms with Crippen molar-refractivity contribution in [3.05, 3.63) is 64.7 Å². The average molecular weight is 380 g/mol. The number of anilines is 1. The molecule has 4 heteroatoms. The van der Waals surface area contributed by atoms with Crippen LogP contribution in [0.2, 0.25) is 0 Å². The Morgan fingerprint density at radius 1 is 1.18 bits per heavy atom.